The van der Waals surface area contributed by atoms with Crippen molar-refractivity contribution in [2.24, 2.45) is 35.5 Å². The molecule has 5 aliphatic rings. The lowest BCUT2D eigenvalue weighted by Crippen LogP contribution is -2.40. The molecule has 0 aromatic heterocycles. The Morgan fingerprint density at radius 3 is 2.00 bits per heavy atom. The van der Waals surface area contributed by atoms with Crippen molar-refractivity contribution in [2.75, 3.05) is 10.2 Å². The molecule has 2 aromatic carbocycles. The molecule has 2 aromatic rings. The molecule has 6 atom stereocenters. The molecule has 5 nitrogen and oxygen atoms in total. The Morgan fingerprint density at radius 2 is 1.43 bits per heavy atom. The molecule has 1 N–H and O–H groups in total. The van der Waals surface area contributed by atoms with Crippen LogP contribution < -0.4 is 10.2 Å². The predicted molar refractivity (Wildman–Crippen MR) is 113 cm³/mol. The third kappa shape index (κ3) is 2.51. The molecule has 3 amide bonds. The van der Waals surface area contributed by atoms with E-state index in [1.807, 2.05) is 0 Å². The summed E-state index contributed by atoms with van der Waals surface area (Å²) in [5, 5.41) is 3.40. The third-order valence-corrected chi connectivity index (χ3v) is 7.40. The van der Waals surface area contributed by atoms with Crippen LogP contribution in [0, 0.1) is 35.5 Å². The summed E-state index contributed by atoms with van der Waals surface area (Å²) in [5.41, 5.74) is 1.63. The molecule has 2 bridgehead atoms. The van der Waals surface area contributed by atoms with Crippen LogP contribution >= 0.6 is 11.6 Å². The standard InChI is InChI=1S/C24H19ClN2O3/c25-13-3-5-14(6-4-13)26-22(28)12-1-7-15(8-2-12)27-23(29)20-16-9-10-17(19-11-18(16)19)21(20)24(27)30/h1-10,16-21H,11H2,(H,26,28). The summed E-state index contributed by atoms with van der Waals surface area (Å²) in [5.74, 6) is 0.689. The topological polar surface area (TPSA) is 66.5 Å². The maximum Gasteiger partial charge on any atom is 0.255 e. The summed E-state index contributed by atoms with van der Waals surface area (Å²) < 4.78 is 0. The van der Waals surface area contributed by atoms with Gasteiger partial charge in [0, 0.05) is 16.3 Å². The lowest BCUT2D eigenvalue weighted by Gasteiger charge is -2.37. The maximum absolute atomic E-state index is 13.2. The van der Waals surface area contributed by atoms with Crippen molar-refractivity contribution < 1.29 is 14.4 Å². The Hall–Kier alpha value is -2.92. The average Bonchev–Trinajstić information content (AvgIpc) is 3.53. The minimum Gasteiger partial charge on any atom is -0.322 e. The fourth-order valence-electron chi connectivity index (χ4n) is 5.71. The van der Waals surface area contributed by atoms with Crippen molar-refractivity contribution >= 4 is 40.7 Å². The van der Waals surface area contributed by atoms with Crippen LogP contribution in [0.2, 0.25) is 5.02 Å². The fraction of sp³-hybridized carbons (Fsp3) is 0.292. The number of allylic oxidation sites excluding steroid dienone is 2. The molecule has 150 valence electrons. The highest BCUT2D eigenvalue weighted by atomic mass is 35.5. The number of nitrogens with zero attached hydrogens (tertiary/aromatic N) is 1. The summed E-state index contributed by atoms with van der Waals surface area (Å²) in [6.45, 7) is 0. The van der Waals surface area contributed by atoms with E-state index in [9.17, 15) is 14.4 Å². The van der Waals surface area contributed by atoms with Gasteiger partial charge in [-0.25, -0.2) is 0 Å². The second-order valence-corrected chi connectivity index (χ2v) is 9.11. The predicted octanol–water partition coefficient (Wildman–Crippen LogP) is 4.15. The SMILES string of the molecule is O=C(Nc1ccc(Cl)cc1)c1ccc(N2C(=O)C3C4C=CC(C5CC45)C3C2=O)cc1. The number of hydrogen-bond acceptors (Lipinski definition) is 3. The molecule has 4 aliphatic carbocycles. The number of halogens is 1. The van der Waals surface area contributed by atoms with Gasteiger partial charge in [-0.15, -0.1) is 0 Å². The Balaban J connectivity index is 1.23. The number of carbonyl (C=O) groups excluding carboxylic acids is 3. The molecule has 30 heavy (non-hydrogen) atoms. The second-order valence-electron chi connectivity index (χ2n) is 8.67. The van der Waals surface area contributed by atoms with Crippen molar-refractivity contribution in [2.45, 2.75) is 6.42 Å². The molecule has 1 saturated heterocycles. The monoisotopic (exact) mass is 418 g/mol. The lowest BCUT2D eigenvalue weighted by molar-refractivity contribution is -0.124. The molecular weight excluding hydrogens is 400 g/mol. The van der Waals surface area contributed by atoms with E-state index in [4.69, 9.17) is 11.6 Å². The van der Waals surface area contributed by atoms with E-state index in [-0.39, 0.29) is 41.4 Å². The number of anilines is 2. The Bertz CT molecular complexity index is 1070. The molecule has 0 spiro atoms. The van der Waals surface area contributed by atoms with Crippen LogP contribution in [-0.4, -0.2) is 17.7 Å². The Morgan fingerprint density at radius 1 is 0.867 bits per heavy atom. The van der Waals surface area contributed by atoms with Crippen molar-refractivity contribution in [3.8, 4) is 0 Å². The van der Waals surface area contributed by atoms with Gasteiger partial charge in [-0.3, -0.25) is 19.3 Å². The quantitative estimate of drug-likeness (QED) is 0.601. The van der Waals surface area contributed by atoms with Crippen molar-refractivity contribution in [3.63, 3.8) is 0 Å². The van der Waals surface area contributed by atoms with Gasteiger partial charge < -0.3 is 5.32 Å². The number of carbonyl (C=O) groups is 3. The largest absolute Gasteiger partial charge is 0.322 e. The number of hydrogen-bond donors (Lipinski definition) is 1. The zero-order chi connectivity index (χ0) is 20.6. The minimum atomic E-state index is -0.265. The number of amides is 3. The van der Waals surface area contributed by atoms with E-state index in [0.29, 0.717) is 33.8 Å². The van der Waals surface area contributed by atoms with Gasteiger partial charge in [0.1, 0.15) is 0 Å². The van der Waals surface area contributed by atoms with Gasteiger partial charge in [0.25, 0.3) is 5.91 Å². The highest BCUT2D eigenvalue weighted by molar-refractivity contribution is 6.30. The summed E-state index contributed by atoms with van der Waals surface area (Å²) in [6.07, 6.45) is 5.48. The summed E-state index contributed by atoms with van der Waals surface area (Å²) in [7, 11) is 0. The first-order valence-corrected chi connectivity index (χ1v) is 10.6. The van der Waals surface area contributed by atoms with E-state index in [1.165, 1.54) is 4.90 Å². The van der Waals surface area contributed by atoms with E-state index < -0.39 is 0 Å². The van der Waals surface area contributed by atoms with Crippen LogP contribution in [0.4, 0.5) is 11.4 Å². The number of benzene rings is 2. The van der Waals surface area contributed by atoms with Gasteiger partial charge in [-0.2, -0.15) is 0 Å². The fourth-order valence-corrected chi connectivity index (χ4v) is 5.84. The smallest absolute Gasteiger partial charge is 0.255 e. The average molecular weight is 419 g/mol. The van der Waals surface area contributed by atoms with Crippen LogP contribution in [0.3, 0.4) is 0 Å². The highest BCUT2D eigenvalue weighted by Gasteiger charge is 2.67. The first-order valence-electron chi connectivity index (χ1n) is 10.3. The van der Waals surface area contributed by atoms with E-state index in [1.54, 1.807) is 48.5 Å². The number of imide groups is 1. The third-order valence-electron chi connectivity index (χ3n) is 7.15. The molecular formula is C24H19ClN2O3. The molecule has 3 fully saturated rings. The molecule has 2 saturated carbocycles. The second kappa shape index (κ2) is 6.29. The first kappa shape index (κ1) is 17.9. The van der Waals surface area contributed by atoms with Gasteiger partial charge >= 0.3 is 0 Å². The van der Waals surface area contributed by atoms with Gasteiger partial charge in [-0.05, 0) is 78.6 Å². The summed E-state index contributed by atoms with van der Waals surface area (Å²) >= 11 is 5.87. The normalized spacial score (nSPS) is 32.8. The zero-order valence-corrected chi connectivity index (χ0v) is 16.8. The van der Waals surface area contributed by atoms with E-state index >= 15 is 0 Å². The maximum atomic E-state index is 13.2. The first-order chi connectivity index (χ1) is 14.5. The van der Waals surface area contributed by atoms with Crippen LogP contribution in [0.5, 0.6) is 0 Å². The molecule has 6 unspecified atom stereocenters. The molecule has 1 heterocycles. The minimum absolute atomic E-state index is 0.0898. The van der Waals surface area contributed by atoms with Crippen LogP contribution in [0.1, 0.15) is 16.8 Å². The zero-order valence-electron chi connectivity index (χ0n) is 16.0. The molecule has 7 rings (SSSR count). The van der Waals surface area contributed by atoms with Crippen LogP contribution in [0.25, 0.3) is 0 Å². The van der Waals surface area contributed by atoms with E-state index in [0.717, 1.165) is 6.42 Å². The Labute approximate surface area is 178 Å². The highest BCUT2D eigenvalue weighted by Crippen LogP contribution is 2.65. The molecule has 0 radical (unpaired) electrons. The molecule has 1 aliphatic heterocycles. The number of rotatable bonds is 3. The van der Waals surface area contributed by atoms with Gasteiger partial charge in [0.05, 0.1) is 17.5 Å². The van der Waals surface area contributed by atoms with Gasteiger partial charge in [0.15, 0.2) is 0 Å². The van der Waals surface area contributed by atoms with Crippen LogP contribution in [0.15, 0.2) is 60.7 Å². The van der Waals surface area contributed by atoms with Gasteiger partial charge in [-0.1, -0.05) is 23.8 Å². The lowest BCUT2D eigenvalue weighted by atomic mass is 9.63. The molecule has 6 heteroatoms. The van der Waals surface area contributed by atoms with Crippen molar-refractivity contribution in [1.82, 2.24) is 0 Å². The van der Waals surface area contributed by atoms with E-state index in [2.05, 4.69) is 17.5 Å². The number of nitrogens with one attached hydrogen (secondary N) is 1. The van der Waals surface area contributed by atoms with Crippen molar-refractivity contribution in [3.05, 3.63) is 71.3 Å². The Kier molecular flexibility index (Phi) is 3.75. The van der Waals surface area contributed by atoms with Crippen molar-refractivity contribution in [1.29, 1.82) is 0 Å². The van der Waals surface area contributed by atoms with Crippen LogP contribution in [-0.2, 0) is 9.59 Å². The summed E-state index contributed by atoms with van der Waals surface area (Å²) in [4.78, 5) is 40.2. The summed E-state index contributed by atoms with van der Waals surface area (Å²) in [6, 6.07) is 13.5. The van der Waals surface area contributed by atoms with Gasteiger partial charge in [0.2, 0.25) is 11.8 Å².